The van der Waals surface area contributed by atoms with Crippen molar-refractivity contribution < 1.29 is 9.53 Å². The zero-order valence-corrected chi connectivity index (χ0v) is 11.0. The number of ketones is 1. The lowest BCUT2D eigenvalue weighted by Gasteiger charge is -2.12. The Kier molecular flexibility index (Phi) is 3.97. The number of carbonyl (C=O) groups is 1. The van der Waals surface area contributed by atoms with E-state index in [1.165, 1.54) is 18.0 Å². The Labute approximate surface area is 112 Å². The first kappa shape index (κ1) is 13.3. The van der Waals surface area contributed by atoms with Gasteiger partial charge < -0.3 is 10.5 Å². The fourth-order valence-corrected chi connectivity index (χ4v) is 1.98. The summed E-state index contributed by atoms with van der Waals surface area (Å²) in [6.07, 6.45) is 2.01. The molecule has 0 fully saturated rings. The van der Waals surface area contributed by atoms with Gasteiger partial charge in [0.2, 0.25) is 5.78 Å². The average molecular weight is 259 g/mol. The molecule has 0 bridgehead atoms. The summed E-state index contributed by atoms with van der Waals surface area (Å²) in [4.78, 5) is 12.3. The molecule has 1 aromatic carbocycles. The van der Waals surface area contributed by atoms with Crippen LogP contribution in [0, 0.1) is 0 Å². The number of methoxy groups -OCH3 is 1. The summed E-state index contributed by atoms with van der Waals surface area (Å²) in [6, 6.07) is 9.09. The Balaban J connectivity index is 2.17. The van der Waals surface area contributed by atoms with Gasteiger partial charge in [-0.1, -0.05) is 30.3 Å². The molecule has 0 aliphatic heterocycles. The maximum Gasteiger partial charge on any atom is 0.201 e. The highest BCUT2D eigenvalue weighted by Gasteiger charge is 2.23. The highest BCUT2D eigenvalue weighted by atomic mass is 16.5. The molecule has 5 nitrogen and oxygen atoms in total. The molecule has 1 aromatic heterocycles. The molecule has 1 unspecified atom stereocenters. The summed E-state index contributed by atoms with van der Waals surface area (Å²) in [5, 5.41) is 4.01. The van der Waals surface area contributed by atoms with Gasteiger partial charge in [-0.25, -0.2) is 0 Å². The van der Waals surface area contributed by atoms with Crippen molar-refractivity contribution in [1.29, 1.82) is 0 Å². The fraction of sp³-hybridized carbons (Fsp3) is 0.286. The van der Waals surface area contributed by atoms with Crippen LogP contribution in [0.15, 0.2) is 36.5 Å². The molecule has 0 radical (unpaired) electrons. The summed E-state index contributed by atoms with van der Waals surface area (Å²) in [5.74, 6) is 0.289. The van der Waals surface area contributed by atoms with E-state index in [9.17, 15) is 4.79 Å². The van der Waals surface area contributed by atoms with Gasteiger partial charge in [-0.3, -0.25) is 9.48 Å². The molecule has 1 atom stereocenters. The third kappa shape index (κ3) is 2.82. The number of nitrogens with two attached hydrogens (primary N) is 1. The van der Waals surface area contributed by atoms with Crippen molar-refractivity contribution >= 4 is 5.78 Å². The van der Waals surface area contributed by atoms with Gasteiger partial charge >= 0.3 is 0 Å². The molecule has 2 N–H and O–H groups in total. The second-order valence-electron chi connectivity index (χ2n) is 4.35. The standard InChI is InChI=1S/C14H17N3O2/c1-17-13(12(19-2)9-16-17)14(18)11(15)8-10-6-4-3-5-7-10/h3-7,9,11H,8,15H2,1-2H3. The van der Waals surface area contributed by atoms with E-state index in [2.05, 4.69) is 5.10 Å². The molecule has 0 saturated heterocycles. The van der Waals surface area contributed by atoms with Crippen molar-refractivity contribution in [2.45, 2.75) is 12.5 Å². The van der Waals surface area contributed by atoms with E-state index in [0.29, 0.717) is 17.9 Å². The molecule has 2 aromatic rings. The Hall–Kier alpha value is -2.14. The maximum absolute atomic E-state index is 12.3. The van der Waals surface area contributed by atoms with Crippen LogP contribution in [0.25, 0.3) is 0 Å². The van der Waals surface area contributed by atoms with Gasteiger partial charge in [0.25, 0.3) is 0 Å². The lowest BCUT2D eigenvalue weighted by molar-refractivity contribution is 0.0948. The van der Waals surface area contributed by atoms with Crippen LogP contribution in [0.3, 0.4) is 0 Å². The van der Waals surface area contributed by atoms with Crippen LogP contribution < -0.4 is 10.5 Å². The predicted octanol–water partition coefficient (Wildman–Crippen LogP) is 1.18. The van der Waals surface area contributed by atoms with E-state index in [1.807, 2.05) is 30.3 Å². The number of nitrogens with zero attached hydrogens (tertiary/aromatic N) is 2. The second-order valence-corrected chi connectivity index (χ2v) is 4.35. The fourth-order valence-electron chi connectivity index (χ4n) is 1.98. The third-order valence-electron chi connectivity index (χ3n) is 2.99. The van der Waals surface area contributed by atoms with Crippen LogP contribution in [0.4, 0.5) is 0 Å². The van der Waals surface area contributed by atoms with Crippen molar-refractivity contribution in [2.75, 3.05) is 7.11 Å². The van der Waals surface area contributed by atoms with E-state index in [1.54, 1.807) is 7.05 Å². The van der Waals surface area contributed by atoms with Crippen molar-refractivity contribution in [3.8, 4) is 5.75 Å². The van der Waals surface area contributed by atoms with Crippen LogP contribution in [-0.4, -0.2) is 28.7 Å². The first-order chi connectivity index (χ1) is 9.13. The number of carbonyl (C=O) groups excluding carboxylic acids is 1. The summed E-state index contributed by atoms with van der Waals surface area (Å²) >= 11 is 0. The average Bonchev–Trinajstić information content (AvgIpc) is 2.80. The SMILES string of the molecule is COc1cnn(C)c1C(=O)C(N)Cc1ccccc1. The molecular formula is C14H17N3O2. The van der Waals surface area contributed by atoms with Crippen molar-refractivity contribution in [3.63, 3.8) is 0 Å². The maximum atomic E-state index is 12.3. The van der Waals surface area contributed by atoms with E-state index < -0.39 is 6.04 Å². The van der Waals surface area contributed by atoms with E-state index in [4.69, 9.17) is 10.5 Å². The number of Topliss-reactive ketones (excluding diaryl/α,β-unsaturated/α-hetero) is 1. The Bertz CT molecular complexity index is 563. The molecule has 0 spiro atoms. The Morgan fingerprint density at radius 2 is 2.11 bits per heavy atom. The number of rotatable bonds is 5. The van der Waals surface area contributed by atoms with E-state index in [0.717, 1.165) is 5.56 Å². The van der Waals surface area contributed by atoms with E-state index in [-0.39, 0.29) is 5.78 Å². The van der Waals surface area contributed by atoms with Gasteiger partial charge in [0.05, 0.1) is 19.3 Å². The van der Waals surface area contributed by atoms with Gasteiger partial charge in [0, 0.05) is 7.05 Å². The molecule has 0 aliphatic rings. The van der Waals surface area contributed by atoms with Crippen LogP contribution in [-0.2, 0) is 13.5 Å². The first-order valence-corrected chi connectivity index (χ1v) is 6.03. The zero-order valence-electron chi connectivity index (χ0n) is 11.0. The zero-order chi connectivity index (χ0) is 13.8. The van der Waals surface area contributed by atoms with Gasteiger partial charge in [-0.2, -0.15) is 5.10 Å². The molecule has 0 saturated carbocycles. The lowest BCUT2D eigenvalue weighted by atomic mass is 10.0. The number of hydrogen-bond donors (Lipinski definition) is 1. The van der Waals surface area contributed by atoms with Gasteiger partial charge in [0.15, 0.2) is 5.75 Å². The second kappa shape index (κ2) is 5.67. The van der Waals surface area contributed by atoms with Crippen molar-refractivity contribution in [2.24, 2.45) is 12.8 Å². The van der Waals surface area contributed by atoms with Gasteiger partial charge in [-0.15, -0.1) is 0 Å². The highest BCUT2D eigenvalue weighted by molar-refractivity contribution is 6.00. The topological polar surface area (TPSA) is 70.1 Å². The van der Waals surface area contributed by atoms with Crippen LogP contribution in [0.1, 0.15) is 16.1 Å². The van der Waals surface area contributed by atoms with Crippen LogP contribution >= 0.6 is 0 Å². The molecule has 2 rings (SSSR count). The molecule has 5 heteroatoms. The number of benzene rings is 1. The Morgan fingerprint density at radius 1 is 1.42 bits per heavy atom. The van der Waals surface area contributed by atoms with Crippen molar-refractivity contribution in [3.05, 3.63) is 47.8 Å². The molecule has 0 aliphatic carbocycles. The lowest BCUT2D eigenvalue weighted by Crippen LogP contribution is -2.34. The summed E-state index contributed by atoms with van der Waals surface area (Å²) < 4.78 is 6.62. The predicted molar refractivity (Wildman–Crippen MR) is 72.2 cm³/mol. The smallest absolute Gasteiger partial charge is 0.201 e. The normalized spacial score (nSPS) is 12.2. The number of aryl methyl sites for hydroxylation is 1. The monoisotopic (exact) mass is 259 g/mol. The first-order valence-electron chi connectivity index (χ1n) is 6.03. The van der Waals surface area contributed by atoms with Crippen LogP contribution in [0.2, 0.25) is 0 Å². The minimum absolute atomic E-state index is 0.166. The summed E-state index contributed by atoms with van der Waals surface area (Å²) in [5.41, 5.74) is 7.43. The number of ether oxygens (including phenoxy) is 1. The minimum Gasteiger partial charge on any atom is -0.493 e. The molecule has 19 heavy (non-hydrogen) atoms. The van der Waals surface area contributed by atoms with Gasteiger partial charge in [-0.05, 0) is 12.0 Å². The van der Waals surface area contributed by atoms with E-state index >= 15 is 0 Å². The highest BCUT2D eigenvalue weighted by Crippen LogP contribution is 2.18. The number of hydrogen-bond acceptors (Lipinski definition) is 4. The van der Waals surface area contributed by atoms with Gasteiger partial charge in [0.1, 0.15) is 5.69 Å². The Morgan fingerprint density at radius 3 is 2.74 bits per heavy atom. The quantitative estimate of drug-likeness (QED) is 0.819. The number of aromatic nitrogens is 2. The summed E-state index contributed by atoms with van der Waals surface area (Å²) in [7, 11) is 3.21. The molecule has 1 heterocycles. The largest absolute Gasteiger partial charge is 0.493 e. The third-order valence-corrected chi connectivity index (χ3v) is 2.99. The molecule has 100 valence electrons. The molecular weight excluding hydrogens is 242 g/mol. The van der Waals surface area contributed by atoms with Crippen molar-refractivity contribution in [1.82, 2.24) is 9.78 Å². The van der Waals surface area contributed by atoms with Crippen LogP contribution in [0.5, 0.6) is 5.75 Å². The summed E-state index contributed by atoms with van der Waals surface area (Å²) in [6.45, 7) is 0. The molecule has 0 amide bonds. The minimum atomic E-state index is -0.605.